The molecule has 1 atom stereocenters. The number of aryl methyl sites for hydroxylation is 1. The Morgan fingerprint density at radius 2 is 2.31 bits per heavy atom. The number of hydrazine groups is 1. The summed E-state index contributed by atoms with van der Waals surface area (Å²) in [4.78, 5) is 0. The molecule has 1 unspecified atom stereocenters. The Morgan fingerprint density at radius 3 is 2.94 bits per heavy atom. The summed E-state index contributed by atoms with van der Waals surface area (Å²) in [7, 11) is 0. The molecule has 2 nitrogen and oxygen atoms in total. The highest BCUT2D eigenvalue weighted by atomic mass is 15.2. The quantitative estimate of drug-likeness (QED) is 0.319. The molecule has 0 aliphatic carbocycles. The second-order valence-corrected chi connectivity index (χ2v) is 4.28. The van der Waals surface area contributed by atoms with Gasteiger partial charge >= 0.3 is 0 Å². The maximum atomic E-state index is 5.57. The first kappa shape index (κ1) is 12.9. The van der Waals surface area contributed by atoms with Gasteiger partial charge in [-0.1, -0.05) is 35.9 Å². The monoisotopic (exact) mass is 218 g/mol. The van der Waals surface area contributed by atoms with Crippen molar-refractivity contribution in [2.75, 3.05) is 0 Å². The predicted octanol–water partition coefficient (Wildman–Crippen LogP) is 2.73. The SMILES string of the molecule is C=CCCCC(Cc1cccc(C)c1)NN. The van der Waals surface area contributed by atoms with E-state index in [2.05, 4.69) is 43.2 Å². The topological polar surface area (TPSA) is 38.0 Å². The van der Waals surface area contributed by atoms with Crippen LogP contribution in [0.5, 0.6) is 0 Å². The molecule has 0 saturated carbocycles. The standard InChI is InChI=1S/C14H22N2/c1-3-4-5-9-14(16-15)11-13-8-6-7-12(2)10-13/h3,6-8,10,14,16H,1,4-5,9,11,15H2,2H3. The lowest BCUT2D eigenvalue weighted by Gasteiger charge is -2.15. The predicted molar refractivity (Wildman–Crippen MR) is 70.0 cm³/mol. The second kappa shape index (κ2) is 7.20. The van der Waals surface area contributed by atoms with Gasteiger partial charge in [-0.15, -0.1) is 6.58 Å². The average Bonchev–Trinajstić information content (AvgIpc) is 2.28. The van der Waals surface area contributed by atoms with Gasteiger partial charge in [0, 0.05) is 6.04 Å². The fourth-order valence-electron chi connectivity index (χ4n) is 1.88. The van der Waals surface area contributed by atoms with Gasteiger partial charge in [0.1, 0.15) is 0 Å². The largest absolute Gasteiger partial charge is 0.271 e. The molecule has 16 heavy (non-hydrogen) atoms. The van der Waals surface area contributed by atoms with Crippen molar-refractivity contribution in [1.82, 2.24) is 5.43 Å². The number of allylic oxidation sites excluding steroid dienone is 1. The normalized spacial score (nSPS) is 12.4. The van der Waals surface area contributed by atoms with Crippen molar-refractivity contribution in [2.45, 2.75) is 38.6 Å². The maximum absolute atomic E-state index is 5.57. The van der Waals surface area contributed by atoms with E-state index in [0.717, 1.165) is 25.7 Å². The molecule has 1 aromatic carbocycles. The van der Waals surface area contributed by atoms with Crippen LogP contribution in [0.2, 0.25) is 0 Å². The Kier molecular flexibility index (Phi) is 5.83. The summed E-state index contributed by atoms with van der Waals surface area (Å²) >= 11 is 0. The van der Waals surface area contributed by atoms with E-state index in [9.17, 15) is 0 Å². The van der Waals surface area contributed by atoms with E-state index < -0.39 is 0 Å². The van der Waals surface area contributed by atoms with Crippen molar-refractivity contribution in [1.29, 1.82) is 0 Å². The van der Waals surface area contributed by atoms with Crippen LogP contribution in [0.3, 0.4) is 0 Å². The molecule has 0 aliphatic rings. The first-order chi connectivity index (χ1) is 7.76. The van der Waals surface area contributed by atoms with E-state index in [4.69, 9.17) is 5.84 Å². The van der Waals surface area contributed by atoms with Crippen LogP contribution in [-0.4, -0.2) is 6.04 Å². The third-order valence-electron chi connectivity index (χ3n) is 2.76. The van der Waals surface area contributed by atoms with Crippen LogP contribution >= 0.6 is 0 Å². The lowest BCUT2D eigenvalue weighted by molar-refractivity contribution is 0.478. The van der Waals surface area contributed by atoms with Crippen molar-refractivity contribution in [2.24, 2.45) is 5.84 Å². The molecule has 0 amide bonds. The fraction of sp³-hybridized carbons (Fsp3) is 0.429. The van der Waals surface area contributed by atoms with Crippen molar-refractivity contribution in [3.63, 3.8) is 0 Å². The summed E-state index contributed by atoms with van der Waals surface area (Å²) in [5.74, 6) is 5.57. The number of nitrogens with two attached hydrogens (primary N) is 1. The van der Waals surface area contributed by atoms with Crippen molar-refractivity contribution in [3.8, 4) is 0 Å². The smallest absolute Gasteiger partial charge is 0.0251 e. The highest BCUT2D eigenvalue weighted by Gasteiger charge is 2.06. The molecule has 0 heterocycles. The summed E-state index contributed by atoms with van der Waals surface area (Å²) in [5, 5.41) is 0. The average molecular weight is 218 g/mol. The summed E-state index contributed by atoms with van der Waals surface area (Å²) < 4.78 is 0. The van der Waals surface area contributed by atoms with Gasteiger partial charge in [-0.2, -0.15) is 0 Å². The maximum Gasteiger partial charge on any atom is 0.0251 e. The number of rotatable bonds is 7. The minimum atomic E-state index is 0.363. The van der Waals surface area contributed by atoms with E-state index in [-0.39, 0.29) is 0 Å². The highest BCUT2D eigenvalue weighted by Crippen LogP contribution is 2.10. The molecule has 0 radical (unpaired) electrons. The third-order valence-corrected chi connectivity index (χ3v) is 2.76. The molecular formula is C14H22N2. The van der Waals surface area contributed by atoms with Crippen LogP contribution in [0.4, 0.5) is 0 Å². The number of hydrogen-bond acceptors (Lipinski definition) is 2. The molecule has 0 bridgehead atoms. The Hall–Kier alpha value is -1.12. The van der Waals surface area contributed by atoms with Gasteiger partial charge in [0.2, 0.25) is 0 Å². The summed E-state index contributed by atoms with van der Waals surface area (Å²) in [6, 6.07) is 8.96. The van der Waals surface area contributed by atoms with Crippen LogP contribution in [-0.2, 0) is 6.42 Å². The molecular weight excluding hydrogens is 196 g/mol. The molecule has 1 rings (SSSR count). The van der Waals surface area contributed by atoms with Crippen LogP contribution in [0.15, 0.2) is 36.9 Å². The van der Waals surface area contributed by atoms with Gasteiger partial charge < -0.3 is 0 Å². The van der Waals surface area contributed by atoms with E-state index in [1.165, 1.54) is 11.1 Å². The van der Waals surface area contributed by atoms with Gasteiger partial charge in [-0.25, -0.2) is 0 Å². The van der Waals surface area contributed by atoms with Crippen LogP contribution in [0.1, 0.15) is 30.4 Å². The Morgan fingerprint density at radius 1 is 1.50 bits per heavy atom. The van der Waals surface area contributed by atoms with E-state index >= 15 is 0 Å². The van der Waals surface area contributed by atoms with Crippen molar-refractivity contribution < 1.29 is 0 Å². The zero-order valence-corrected chi connectivity index (χ0v) is 10.1. The minimum absolute atomic E-state index is 0.363. The lowest BCUT2D eigenvalue weighted by atomic mass is 10.0. The zero-order valence-electron chi connectivity index (χ0n) is 10.1. The van der Waals surface area contributed by atoms with Crippen LogP contribution in [0.25, 0.3) is 0 Å². The number of hydrogen-bond donors (Lipinski definition) is 2. The zero-order chi connectivity index (χ0) is 11.8. The number of unbranched alkanes of at least 4 members (excludes halogenated alkanes) is 1. The first-order valence-electron chi connectivity index (χ1n) is 5.89. The summed E-state index contributed by atoms with van der Waals surface area (Å²) in [5.41, 5.74) is 5.55. The van der Waals surface area contributed by atoms with Crippen LogP contribution < -0.4 is 11.3 Å². The van der Waals surface area contributed by atoms with Crippen molar-refractivity contribution >= 4 is 0 Å². The summed E-state index contributed by atoms with van der Waals surface area (Å²) in [6.45, 7) is 5.84. The fourth-order valence-corrected chi connectivity index (χ4v) is 1.88. The van der Waals surface area contributed by atoms with Gasteiger partial charge in [0.05, 0.1) is 0 Å². The van der Waals surface area contributed by atoms with Gasteiger partial charge in [-0.3, -0.25) is 11.3 Å². The Labute approximate surface area is 98.5 Å². The molecule has 1 aromatic rings. The lowest BCUT2D eigenvalue weighted by Crippen LogP contribution is -2.36. The summed E-state index contributed by atoms with van der Waals surface area (Å²) in [6.07, 6.45) is 6.25. The number of nitrogens with one attached hydrogen (secondary N) is 1. The second-order valence-electron chi connectivity index (χ2n) is 4.28. The van der Waals surface area contributed by atoms with Crippen molar-refractivity contribution in [3.05, 3.63) is 48.0 Å². The molecule has 3 N–H and O–H groups in total. The number of benzene rings is 1. The van der Waals surface area contributed by atoms with Crippen LogP contribution in [0, 0.1) is 6.92 Å². The van der Waals surface area contributed by atoms with Gasteiger partial charge in [0.25, 0.3) is 0 Å². The van der Waals surface area contributed by atoms with E-state index in [1.54, 1.807) is 0 Å². The van der Waals surface area contributed by atoms with E-state index in [0.29, 0.717) is 6.04 Å². The first-order valence-corrected chi connectivity index (χ1v) is 5.89. The Bertz CT molecular complexity index is 320. The van der Waals surface area contributed by atoms with Gasteiger partial charge in [-0.05, 0) is 38.2 Å². The molecule has 0 aromatic heterocycles. The molecule has 88 valence electrons. The molecule has 0 aliphatic heterocycles. The highest BCUT2D eigenvalue weighted by molar-refractivity contribution is 5.22. The molecule has 0 spiro atoms. The third kappa shape index (κ3) is 4.60. The molecule has 0 saturated heterocycles. The minimum Gasteiger partial charge on any atom is -0.271 e. The molecule has 2 heteroatoms. The Balaban J connectivity index is 2.46. The molecule has 0 fully saturated rings. The van der Waals surface area contributed by atoms with Gasteiger partial charge in [0.15, 0.2) is 0 Å². The van der Waals surface area contributed by atoms with E-state index in [1.807, 2.05) is 6.08 Å².